The largest absolute Gasteiger partial charge is 0.346 e. The third-order valence-electron chi connectivity index (χ3n) is 4.77. The van der Waals surface area contributed by atoms with Crippen molar-refractivity contribution < 1.29 is 18.8 Å². The van der Waals surface area contributed by atoms with Crippen molar-refractivity contribution in [2.75, 3.05) is 25.0 Å². The van der Waals surface area contributed by atoms with Crippen LogP contribution in [0.15, 0.2) is 24.3 Å². The second-order valence-corrected chi connectivity index (χ2v) is 7.14. The molecule has 1 saturated heterocycles. The fourth-order valence-corrected chi connectivity index (χ4v) is 2.86. The molecule has 1 fully saturated rings. The highest BCUT2D eigenvalue weighted by molar-refractivity contribution is 5.93. The zero-order chi connectivity index (χ0) is 20.0. The fourth-order valence-electron chi connectivity index (χ4n) is 2.86. The van der Waals surface area contributed by atoms with Crippen molar-refractivity contribution >= 4 is 23.4 Å². The van der Waals surface area contributed by atoms with E-state index in [2.05, 4.69) is 10.6 Å². The van der Waals surface area contributed by atoms with E-state index in [9.17, 15) is 18.8 Å². The van der Waals surface area contributed by atoms with E-state index in [0.29, 0.717) is 31.6 Å². The highest BCUT2D eigenvalue weighted by Gasteiger charge is 2.28. The molecule has 0 aromatic heterocycles. The molecule has 8 heteroatoms. The van der Waals surface area contributed by atoms with Gasteiger partial charge >= 0.3 is 0 Å². The van der Waals surface area contributed by atoms with Gasteiger partial charge in [-0.05, 0) is 43.0 Å². The van der Waals surface area contributed by atoms with Gasteiger partial charge in [-0.1, -0.05) is 13.8 Å². The third kappa shape index (κ3) is 6.02. The minimum absolute atomic E-state index is 0.00420. The summed E-state index contributed by atoms with van der Waals surface area (Å²) in [5.41, 5.74) is 6.29. The Morgan fingerprint density at radius 1 is 1.19 bits per heavy atom. The van der Waals surface area contributed by atoms with Gasteiger partial charge in [0.05, 0.1) is 12.6 Å². The molecule has 148 valence electrons. The number of nitrogens with zero attached hydrogens (tertiary/aromatic N) is 1. The SMILES string of the molecule is CC(C)[C@H](N)C(=O)NCC(=O)N1CCC(C(=O)Nc2ccc(F)cc2)CC1. The van der Waals surface area contributed by atoms with E-state index in [-0.39, 0.29) is 41.9 Å². The normalized spacial score (nSPS) is 16.1. The monoisotopic (exact) mass is 378 g/mol. The van der Waals surface area contributed by atoms with Crippen molar-refractivity contribution in [3.8, 4) is 0 Å². The molecule has 0 aliphatic carbocycles. The fraction of sp³-hybridized carbons (Fsp3) is 0.526. The van der Waals surface area contributed by atoms with Gasteiger partial charge in [0.15, 0.2) is 0 Å². The molecule has 1 aromatic rings. The first kappa shape index (κ1) is 20.8. The van der Waals surface area contributed by atoms with E-state index in [1.807, 2.05) is 13.8 Å². The quantitative estimate of drug-likeness (QED) is 0.689. The van der Waals surface area contributed by atoms with Crippen molar-refractivity contribution in [2.24, 2.45) is 17.6 Å². The van der Waals surface area contributed by atoms with Crippen LogP contribution in [0.5, 0.6) is 0 Å². The first-order chi connectivity index (χ1) is 12.8. The van der Waals surface area contributed by atoms with Gasteiger partial charge in [0.2, 0.25) is 17.7 Å². The van der Waals surface area contributed by atoms with Gasteiger partial charge in [-0.15, -0.1) is 0 Å². The topological polar surface area (TPSA) is 105 Å². The molecule has 0 unspecified atom stereocenters. The summed E-state index contributed by atoms with van der Waals surface area (Å²) in [7, 11) is 0. The zero-order valence-electron chi connectivity index (χ0n) is 15.7. The Morgan fingerprint density at radius 3 is 2.33 bits per heavy atom. The molecule has 1 atom stereocenters. The Kier molecular flexibility index (Phi) is 7.29. The number of halogens is 1. The number of piperidine rings is 1. The van der Waals surface area contributed by atoms with Crippen molar-refractivity contribution in [3.05, 3.63) is 30.1 Å². The predicted octanol–water partition coefficient (Wildman–Crippen LogP) is 1.10. The molecule has 1 aliphatic rings. The van der Waals surface area contributed by atoms with Gasteiger partial charge in [0, 0.05) is 24.7 Å². The van der Waals surface area contributed by atoms with Gasteiger partial charge in [0.25, 0.3) is 0 Å². The molecule has 1 aliphatic heterocycles. The number of anilines is 1. The van der Waals surface area contributed by atoms with Crippen LogP contribution in [0, 0.1) is 17.7 Å². The van der Waals surface area contributed by atoms with E-state index in [1.54, 1.807) is 4.90 Å². The number of carbonyl (C=O) groups excluding carboxylic acids is 3. The molecule has 0 spiro atoms. The lowest BCUT2D eigenvalue weighted by Gasteiger charge is -2.31. The molecule has 4 N–H and O–H groups in total. The summed E-state index contributed by atoms with van der Waals surface area (Å²) in [5.74, 6) is -1.23. The van der Waals surface area contributed by atoms with E-state index < -0.39 is 6.04 Å². The minimum atomic E-state index is -0.640. The summed E-state index contributed by atoms with van der Waals surface area (Å²) >= 11 is 0. The summed E-state index contributed by atoms with van der Waals surface area (Å²) in [4.78, 5) is 38.0. The van der Waals surface area contributed by atoms with Crippen LogP contribution in [0.3, 0.4) is 0 Å². The average Bonchev–Trinajstić information content (AvgIpc) is 2.67. The second kappa shape index (κ2) is 9.45. The van der Waals surface area contributed by atoms with Crippen LogP contribution in [0.2, 0.25) is 0 Å². The average molecular weight is 378 g/mol. The maximum atomic E-state index is 12.9. The Bertz CT molecular complexity index is 670. The zero-order valence-corrected chi connectivity index (χ0v) is 15.7. The van der Waals surface area contributed by atoms with Crippen LogP contribution < -0.4 is 16.4 Å². The van der Waals surface area contributed by atoms with E-state index in [0.717, 1.165) is 0 Å². The van der Waals surface area contributed by atoms with Crippen molar-refractivity contribution in [2.45, 2.75) is 32.7 Å². The van der Waals surface area contributed by atoms with Crippen LogP contribution in [0.4, 0.5) is 10.1 Å². The lowest BCUT2D eigenvalue weighted by molar-refractivity contribution is -0.135. The first-order valence-electron chi connectivity index (χ1n) is 9.15. The number of likely N-dealkylation sites (tertiary alicyclic amines) is 1. The Hall–Kier alpha value is -2.48. The number of amides is 3. The summed E-state index contributed by atoms with van der Waals surface area (Å²) in [6.07, 6.45) is 1.08. The molecule has 1 heterocycles. The first-order valence-corrected chi connectivity index (χ1v) is 9.15. The summed E-state index contributed by atoms with van der Waals surface area (Å²) in [6.45, 7) is 4.49. The number of hydrogen-bond donors (Lipinski definition) is 3. The lowest BCUT2D eigenvalue weighted by atomic mass is 9.95. The van der Waals surface area contributed by atoms with Gasteiger partial charge in [-0.25, -0.2) is 4.39 Å². The van der Waals surface area contributed by atoms with Crippen molar-refractivity contribution in [3.63, 3.8) is 0 Å². The van der Waals surface area contributed by atoms with Gasteiger partial charge in [0.1, 0.15) is 5.82 Å². The van der Waals surface area contributed by atoms with E-state index in [4.69, 9.17) is 5.73 Å². The molecule has 0 bridgehead atoms. The number of nitrogens with two attached hydrogens (primary N) is 1. The number of nitrogens with one attached hydrogen (secondary N) is 2. The second-order valence-electron chi connectivity index (χ2n) is 7.14. The van der Waals surface area contributed by atoms with Crippen molar-refractivity contribution in [1.82, 2.24) is 10.2 Å². The van der Waals surface area contributed by atoms with Crippen molar-refractivity contribution in [1.29, 1.82) is 0 Å². The smallest absolute Gasteiger partial charge is 0.241 e. The molecule has 27 heavy (non-hydrogen) atoms. The predicted molar refractivity (Wildman–Crippen MR) is 100 cm³/mol. The number of carbonyl (C=O) groups is 3. The molecule has 1 aromatic carbocycles. The Labute approximate surface area is 158 Å². The number of hydrogen-bond acceptors (Lipinski definition) is 4. The Morgan fingerprint density at radius 2 is 1.78 bits per heavy atom. The van der Waals surface area contributed by atoms with Crippen LogP contribution in [0.1, 0.15) is 26.7 Å². The van der Waals surface area contributed by atoms with E-state index in [1.165, 1.54) is 24.3 Å². The molecule has 3 amide bonds. The highest BCUT2D eigenvalue weighted by Crippen LogP contribution is 2.19. The van der Waals surface area contributed by atoms with Crippen LogP contribution in [-0.4, -0.2) is 48.3 Å². The molecule has 0 saturated carbocycles. The molecule has 7 nitrogen and oxygen atoms in total. The molecule has 0 radical (unpaired) electrons. The molecular formula is C19H27FN4O3. The van der Waals surface area contributed by atoms with Crippen LogP contribution in [0.25, 0.3) is 0 Å². The highest BCUT2D eigenvalue weighted by atomic mass is 19.1. The maximum absolute atomic E-state index is 12.9. The molecular weight excluding hydrogens is 351 g/mol. The maximum Gasteiger partial charge on any atom is 0.241 e. The molecule has 2 rings (SSSR count). The van der Waals surface area contributed by atoms with Gasteiger partial charge in [-0.2, -0.15) is 0 Å². The minimum Gasteiger partial charge on any atom is -0.346 e. The van der Waals surface area contributed by atoms with E-state index >= 15 is 0 Å². The summed E-state index contributed by atoms with van der Waals surface area (Å²) in [5, 5.41) is 5.33. The van der Waals surface area contributed by atoms with Gasteiger partial charge in [-0.3, -0.25) is 14.4 Å². The summed E-state index contributed by atoms with van der Waals surface area (Å²) in [6, 6.07) is 4.96. The Balaban J connectivity index is 1.75. The van der Waals surface area contributed by atoms with Gasteiger partial charge < -0.3 is 21.3 Å². The standard InChI is InChI=1S/C19H27FN4O3/c1-12(2)17(21)19(27)22-11-16(25)24-9-7-13(8-10-24)18(26)23-15-5-3-14(20)4-6-15/h3-6,12-13,17H,7-11,21H2,1-2H3,(H,22,27)(H,23,26)/t17-/m0/s1. The third-order valence-corrected chi connectivity index (χ3v) is 4.77. The lowest BCUT2D eigenvalue weighted by Crippen LogP contribution is -2.49. The van der Waals surface area contributed by atoms with Crippen LogP contribution in [-0.2, 0) is 14.4 Å². The summed E-state index contributed by atoms with van der Waals surface area (Å²) < 4.78 is 12.9. The number of rotatable bonds is 6. The van der Waals surface area contributed by atoms with Crippen LogP contribution >= 0.6 is 0 Å². The number of benzene rings is 1.